The van der Waals surface area contributed by atoms with E-state index in [1.807, 2.05) is 30.3 Å². The number of aliphatic hydroxyl groups is 1. The molecule has 1 heterocycles. The van der Waals surface area contributed by atoms with Crippen LogP contribution in [0, 0.1) is 27.7 Å². The summed E-state index contributed by atoms with van der Waals surface area (Å²) in [4.78, 5) is 4.84. The summed E-state index contributed by atoms with van der Waals surface area (Å²) in [7, 11) is 0. The third-order valence-corrected chi connectivity index (χ3v) is 6.13. The molecule has 4 heteroatoms. The molecule has 1 N–H and O–H groups in total. The van der Waals surface area contributed by atoms with Crippen LogP contribution in [0.15, 0.2) is 60.7 Å². The number of aliphatic hydroxyl groups excluding tert-OH is 1. The van der Waals surface area contributed by atoms with Crippen molar-refractivity contribution in [1.82, 2.24) is 9.55 Å². The van der Waals surface area contributed by atoms with E-state index in [-0.39, 0.29) is 0 Å². The van der Waals surface area contributed by atoms with E-state index in [1.54, 1.807) is 0 Å². The molecule has 0 aliphatic rings. The van der Waals surface area contributed by atoms with Crippen LogP contribution >= 0.6 is 0 Å². The molecule has 0 aliphatic heterocycles. The van der Waals surface area contributed by atoms with Crippen molar-refractivity contribution in [1.29, 1.82) is 0 Å². The summed E-state index contributed by atoms with van der Waals surface area (Å²) >= 11 is 0. The molecule has 1 aromatic heterocycles. The van der Waals surface area contributed by atoms with E-state index < -0.39 is 6.10 Å². The van der Waals surface area contributed by atoms with Gasteiger partial charge in [-0.2, -0.15) is 0 Å². The number of aromatic nitrogens is 2. The first-order valence-corrected chi connectivity index (χ1v) is 11.3. The first kappa shape index (κ1) is 22.1. The van der Waals surface area contributed by atoms with E-state index in [0.717, 1.165) is 47.3 Å². The highest BCUT2D eigenvalue weighted by molar-refractivity contribution is 5.78. The molecule has 0 bridgehead atoms. The van der Waals surface area contributed by atoms with E-state index in [2.05, 4.69) is 62.6 Å². The van der Waals surface area contributed by atoms with Crippen molar-refractivity contribution < 1.29 is 9.84 Å². The number of unbranched alkanes of at least 4 members (excludes halogenated alkanes) is 1. The number of ether oxygens (including phenoxy) is 1. The first-order valence-electron chi connectivity index (χ1n) is 11.3. The van der Waals surface area contributed by atoms with Crippen LogP contribution in [0.1, 0.15) is 52.6 Å². The quantitative estimate of drug-likeness (QED) is 0.339. The lowest BCUT2D eigenvalue weighted by atomic mass is 10.1. The molecule has 0 saturated carbocycles. The van der Waals surface area contributed by atoms with Gasteiger partial charge in [0.05, 0.1) is 17.6 Å². The average Bonchev–Trinajstić information content (AvgIpc) is 3.13. The van der Waals surface area contributed by atoms with Crippen molar-refractivity contribution in [2.24, 2.45) is 0 Å². The van der Waals surface area contributed by atoms with Crippen molar-refractivity contribution in [3.63, 3.8) is 0 Å². The number of hydrogen-bond donors (Lipinski definition) is 1. The number of nitrogens with zero attached hydrogens (tertiary/aromatic N) is 2. The lowest BCUT2D eigenvalue weighted by Gasteiger charge is -2.15. The molecule has 32 heavy (non-hydrogen) atoms. The minimum atomic E-state index is -0.754. The molecule has 0 saturated heterocycles. The maximum absolute atomic E-state index is 11.1. The van der Waals surface area contributed by atoms with Gasteiger partial charge in [0.2, 0.25) is 0 Å². The fraction of sp³-hybridized carbons (Fsp3) is 0.321. The number of hydrogen-bond acceptors (Lipinski definition) is 3. The Morgan fingerprint density at radius 1 is 0.875 bits per heavy atom. The molecule has 0 aliphatic carbocycles. The summed E-state index contributed by atoms with van der Waals surface area (Å²) in [5.41, 5.74) is 7.69. The number of fused-ring (bicyclic) bond motifs is 1. The molecule has 4 rings (SSSR count). The minimum absolute atomic E-state index is 0.672. The topological polar surface area (TPSA) is 47.3 Å². The largest absolute Gasteiger partial charge is 0.493 e. The van der Waals surface area contributed by atoms with Crippen LogP contribution in [0.2, 0.25) is 0 Å². The van der Waals surface area contributed by atoms with E-state index in [9.17, 15) is 5.11 Å². The van der Waals surface area contributed by atoms with Crippen molar-refractivity contribution in [2.45, 2.75) is 53.2 Å². The van der Waals surface area contributed by atoms with Crippen molar-refractivity contribution in [3.05, 3.63) is 94.3 Å². The van der Waals surface area contributed by atoms with Gasteiger partial charge >= 0.3 is 0 Å². The van der Waals surface area contributed by atoms with Crippen LogP contribution in [0.4, 0.5) is 0 Å². The van der Waals surface area contributed by atoms with Gasteiger partial charge in [-0.05, 0) is 86.6 Å². The van der Waals surface area contributed by atoms with Gasteiger partial charge in [-0.3, -0.25) is 0 Å². The lowest BCUT2D eigenvalue weighted by molar-refractivity contribution is 0.204. The van der Waals surface area contributed by atoms with Crippen molar-refractivity contribution in [2.75, 3.05) is 6.61 Å². The Morgan fingerprint density at radius 2 is 1.62 bits per heavy atom. The molecular formula is C28H32N2O2. The average molecular weight is 429 g/mol. The smallest absolute Gasteiger partial charge is 0.143 e. The summed E-state index contributed by atoms with van der Waals surface area (Å²) < 4.78 is 8.21. The molecule has 0 spiro atoms. The van der Waals surface area contributed by atoms with Crippen LogP contribution < -0.4 is 4.74 Å². The maximum atomic E-state index is 11.1. The molecule has 0 amide bonds. The predicted octanol–water partition coefficient (Wildman–Crippen LogP) is 6.21. The Hall–Kier alpha value is -3.11. The fourth-order valence-electron chi connectivity index (χ4n) is 4.04. The van der Waals surface area contributed by atoms with Crippen LogP contribution in [-0.2, 0) is 6.54 Å². The van der Waals surface area contributed by atoms with Gasteiger partial charge < -0.3 is 14.4 Å². The molecule has 4 aromatic rings. The maximum Gasteiger partial charge on any atom is 0.143 e. The Morgan fingerprint density at radius 3 is 2.41 bits per heavy atom. The predicted molar refractivity (Wildman–Crippen MR) is 130 cm³/mol. The summed E-state index contributed by atoms with van der Waals surface area (Å²) in [5, 5.41) is 11.1. The standard InChI is InChI=1S/C28H32N2O2/c1-19-12-13-20(2)26(16-19)32-15-9-8-14-30-25-18-22(4)21(3)17-24(25)29-28(30)27(31)23-10-6-5-7-11-23/h5-7,10-13,16-18,27,31H,8-9,14-15H2,1-4H3. The van der Waals surface area contributed by atoms with E-state index in [4.69, 9.17) is 9.72 Å². The molecule has 0 radical (unpaired) electrons. The van der Waals surface area contributed by atoms with Crippen LogP contribution in [0.5, 0.6) is 5.75 Å². The van der Waals surface area contributed by atoms with Crippen LogP contribution in [-0.4, -0.2) is 21.3 Å². The van der Waals surface area contributed by atoms with Crippen molar-refractivity contribution in [3.8, 4) is 5.75 Å². The van der Waals surface area contributed by atoms with E-state index in [0.29, 0.717) is 12.4 Å². The normalized spacial score (nSPS) is 12.3. The van der Waals surface area contributed by atoms with E-state index >= 15 is 0 Å². The Balaban J connectivity index is 1.52. The van der Waals surface area contributed by atoms with Crippen molar-refractivity contribution >= 4 is 11.0 Å². The van der Waals surface area contributed by atoms with Gasteiger partial charge in [0.15, 0.2) is 0 Å². The monoisotopic (exact) mass is 428 g/mol. The molecule has 0 fully saturated rings. The van der Waals surface area contributed by atoms with Gasteiger partial charge in [-0.1, -0.05) is 42.5 Å². The number of benzene rings is 3. The zero-order valence-corrected chi connectivity index (χ0v) is 19.4. The highest BCUT2D eigenvalue weighted by Gasteiger charge is 2.20. The molecule has 4 nitrogen and oxygen atoms in total. The minimum Gasteiger partial charge on any atom is -0.493 e. The van der Waals surface area contributed by atoms with Gasteiger partial charge in [0, 0.05) is 6.54 Å². The summed E-state index contributed by atoms with van der Waals surface area (Å²) in [5.74, 6) is 1.66. The second kappa shape index (κ2) is 9.58. The first-order chi connectivity index (χ1) is 15.4. The lowest BCUT2D eigenvalue weighted by Crippen LogP contribution is -2.11. The second-order valence-electron chi connectivity index (χ2n) is 8.68. The SMILES string of the molecule is Cc1ccc(C)c(OCCCCn2c(C(O)c3ccccc3)nc3cc(C)c(C)cc32)c1. The van der Waals surface area contributed by atoms with Gasteiger partial charge in [0.25, 0.3) is 0 Å². The van der Waals surface area contributed by atoms with Crippen LogP contribution in [0.25, 0.3) is 11.0 Å². The zero-order chi connectivity index (χ0) is 22.7. The number of aryl methyl sites for hydroxylation is 5. The molecule has 1 atom stereocenters. The molecular weight excluding hydrogens is 396 g/mol. The highest BCUT2D eigenvalue weighted by atomic mass is 16.5. The van der Waals surface area contributed by atoms with Crippen LogP contribution in [0.3, 0.4) is 0 Å². The third kappa shape index (κ3) is 4.71. The number of rotatable bonds is 8. The molecule has 166 valence electrons. The zero-order valence-electron chi connectivity index (χ0n) is 19.4. The summed E-state index contributed by atoms with van der Waals surface area (Å²) in [6.45, 7) is 9.84. The molecule has 1 unspecified atom stereocenters. The highest BCUT2D eigenvalue weighted by Crippen LogP contribution is 2.28. The second-order valence-corrected chi connectivity index (χ2v) is 8.68. The van der Waals surface area contributed by atoms with E-state index in [1.165, 1.54) is 16.7 Å². The summed E-state index contributed by atoms with van der Waals surface area (Å²) in [6.07, 6.45) is 1.12. The Labute approximate surface area is 190 Å². The third-order valence-electron chi connectivity index (χ3n) is 6.13. The summed E-state index contributed by atoms with van der Waals surface area (Å²) in [6, 6.07) is 20.4. The van der Waals surface area contributed by atoms with Gasteiger partial charge in [0.1, 0.15) is 17.7 Å². The fourth-order valence-corrected chi connectivity index (χ4v) is 4.04. The number of imidazole rings is 1. The molecule has 3 aromatic carbocycles. The Kier molecular flexibility index (Phi) is 6.61. The van der Waals surface area contributed by atoms with Gasteiger partial charge in [-0.25, -0.2) is 4.98 Å². The van der Waals surface area contributed by atoms with Gasteiger partial charge in [-0.15, -0.1) is 0 Å². The Bertz CT molecular complexity index is 1210.